The molecule has 36 heavy (non-hydrogen) atoms. The van der Waals surface area contributed by atoms with Gasteiger partial charge >= 0.3 is 18.2 Å². The fraction of sp³-hybridized carbons (Fsp3) is 0.292. The first-order valence-electron chi connectivity index (χ1n) is 10.5. The normalized spacial score (nSPS) is 19.4. The van der Waals surface area contributed by atoms with E-state index >= 15 is 0 Å². The van der Waals surface area contributed by atoms with Gasteiger partial charge in [0.25, 0.3) is 0 Å². The average Bonchev–Trinajstić information content (AvgIpc) is 3.45. The lowest BCUT2D eigenvalue weighted by atomic mass is 10.1. The van der Waals surface area contributed by atoms with Gasteiger partial charge < -0.3 is 24.5 Å². The highest BCUT2D eigenvalue weighted by Crippen LogP contribution is 2.60. The third-order valence-electron chi connectivity index (χ3n) is 5.56. The number of fused-ring (bicyclic) bond motifs is 1. The van der Waals surface area contributed by atoms with E-state index in [4.69, 9.17) is 19.7 Å². The molecule has 2 aromatic rings. The Morgan fingerprint density at radius 3 is 2.22 bits per heavy atom. The van der Waals surface area contributed by atoms with Crippen LogP contribution in [0.25, 0.3) is 11.6 Å². The van der Waals surface area contributed by atoms with E-state index in [2.05, 4.69) is 9.53 Å². The highest BCUT2D eigenvalue weighted by Gasteiger charge is 2.62. The largest absolute Gasteiger partial charge is 0.493 e. The Hall–Kier alpha value is -4.18. The highest BCUT2D eigenvalue weighted by molar-refractivity contribution is 6.20. The second-order valence-electron chi connectivity index (χ2n) is 7.57. The third kappa shape index (κ3) is 5.55. The summed E-state index contributed by atoms with van der Waals surface area (Å²) in [5, 5.41) is 0. The summed E-state index contributed by atoms with van der Waals surface area (Å²) >= 11 is 0. The molecule has 1 heterocycles. The van der Waals surface area contributed by atoms with Crippen LogP contribution >= 0.6 is 0 Å². The smallest absolute Gasteiger partial charge is 0.413 e. The number of hydrogen-bond donors (Lipinski definition) is 0. The molecule has 190 valence electrons. The van der Waals surface area contributed by atoms with Crippen LogP contribution in [0.15, 0.2) is 30.3 Å². The molecule has 0 unspecified atom stereocenters. The molecule has 0 bridgehead atoms. The van der Waals surface area contributed by atoms with Gasteiger partial charge in [0.05, 0.1) is 32.3 Å². The van der Waals surface area contributed by atoms with E-state index in [1.54, 1.807) is 0 Å². The summed E-state index contributed by atoms with van der Waals surface area (Å²) < 4.78 is 73.0. The fourth-order valence-electron chi connectivity index (χ4n) is 3.93. The number of halogens is 4. The minimum absolute atomic E-state index is 0.0345. The van der Waals surface area contributed by atoms with Gasteiger partial charge in [-0.15, -0.1) is 0 Å². The maximum atomic E-state index is 13.7. The lowest BCUT2D eigenvalue weighted by molar-refractivity contribution is -0.141. The summed E-state index contributed by atoms with van der Waals surface area (Å²) in [5.41, 5.74) is 8.13. The number of nitrogens with zero attached hydrogens (tertiary/aromatic N) is 2. The highest BCUT2D eigenvalue weighted by atomic mass is 19.1. The lowest BCUT2D eigenvalue weighted by Gasteiger charge is -2.11. The third-order valence-corrected chi connectivity index (χ3v) is 5.56. The summed E-state index contributed by atoms with van der Waals surface area (Å²) in [6, 6.07) is 3.99. The number of benzene rings is 2. The van der Waals surface area contributed by atoms with Gasteiger partial charge in [-0.25, -0.2) is 22.4 Å². The van der Waals surface area contributed by atoms with E-state index in [1.807, 2.05) is 0 Å². The molecule has 0 spiro atoms. The van der Waals surface area contributed by atoms with Crippen molar-refractivity contribution in [1.82, 2.24) is 0 Å². The number of esters is 2. The second kappa shape index (κ2) is 11.5. The van der Waals surface area contributed by atoms with Crippen LogP contribution < -0.4 is 9.47 Å². The number of ether oxygens (including phenoxy) is 4. The molecule has 0 N–H and O–H groups in total. The first kappa shape index (κ1) is 26.4. The van der Waals surface area contributed by atoms with Crippen LogP contribution in [0.4, 0.5) is 17.6 Å². The van der Waals surface area contributed by atoms with Crippen LogP contribution in [0.5, 0.6) is 11.5 Å². The summed E-state index contributed by atoms with van der Waals surface area (Å²) in [4.78, 5) is 24.6. The minimum Gasteiger partial charge on any atom is -0.493 e. The molecule has 4 rings (SSSR count). The first-order chi connectivity index (χ1) is 17.2. The van der Waals surface area contributed by atoms with Gasteiger partial charge in [-0.1, -0.05) is 0 Å². The monoisotopic (exact) mass is 508 g/mol. The molecule has 2 fully saturated rings. The summed E-state index contributed by atoms with van der Waals surface area (Å²) in [6.07, 6.45) is 3.08. The topological polar surface area (TPSA) is 107 Å². The zero-order valence-corrected chi connectivity index (χ0v) is 19.0. The Morgan fingerprint density at radius 1 is 1.03 bits per heavy atom. The van der Waals surface area contributed by atoms with Crippen LogP contribution in [0, 0.1) is 35.1 Å². The molecule has 1 saturated carbocycles. The fourth-order valence-corrected chi connectivity index (χ4v) is 3.93. The summed E-state index contributed by atoms with van der Waals surface area (Å²) in [6.45, 7) is 0.0945. The first-order valence-corrected chi connectivity index (χ1v) is 10.5. The number of carbonyl (C=O) groups excluding carboxylic acids is 2. The molecular weight excluding hydrogens is 488 g/mol. The number of methoxy groups -OCH3 is 2. The van der Waals surface area contributed by atoms with Crippen molar-refractivity contribution >= 4 is 24.2 Å². The Morgan fingerprint density at radius 2 is 1.64 bits per heavy atom. The molecule has 1 saturated heterocycles. The molecule has 3 atom stereocenters. The average molecular weight is 508 g/mol. The van der Waals surface area contributed by atoms with Crippen molar-refractivity contribution in [2.75, 3.05) is 27.4 Å². The maximum Gasteiger partial charge on any atom is 0.413 e. The molecule has 8 nitrogen and oxygen atoms in total. The Balaban J connectivity index is 0.000000201. The lowest BCUT2D eigenvalue weighted by Crippen LogP contribution is -2.07. The molecule has 2 aromatic carbocycles. The molecule has 1 aliphatic carbocycles. The molecule has 1 aliphatic heterocycles. The predicted octanol–water partition coefficient (Wildman–Crippen LogP) is 3.69. The van der Waals surface area contributed by atoms with Crippen molar-refractivity contribution in [2.45, 2.75) is 5.92 Å². The van der Waals surface area contributed by atoms with E-state index < -0.39 is 29.2 Å². The van der Waals surface area contributed by atoms with E-state index in [-0.39, 0.29) is 59.6 Å². The van der Waals surface area contributed by atoms with Crippen LogP contribution in [0.3, 0.4) is 0 Å². The van der Waals surface area contributed by atoms with Gasteiger partial charge in [0.15, 0.2) is 23.1 Å². The molecule has 0 radical (unpaired) electrons. The van der Waals surface area contributed by atoms with Gasteiger partial charge in [-0.2, -0.15) is 4.79 Å². The Bertz CT molecular complexity index is 1250. The van der Waals surface area contributed by atoms with E-state index in [0.29, 0.717) is 6.21 Å². The maximum absolute atomic E-state index is 13.7. The minimum atomic E-state index is -0.862. The predicted molar refractivity (Wildman–Crippen MR) is 116 cm³/mol. The molecule has 2 aliphatic rings. The van der Waals surface area contributed by atoms with E-state index in [0.717, 1.165) is 24.3 Å². The van der Waals surface area contributed by atoms with Crippen molar-refractivity contribution in [3.05, 3.63) is 70.3 Å². The quantitative estimate of drug-likeness (QED) is 0.186. The number of carbonyl (C=O) groups is 2. The zero-order valence-electron chi connectivity index (χ0n) is 19.0. The van der Waals surface area contributed by atoms with Crippen molar-refractivity contribution in [3.63, 3.8) is 0 Å². The van der Waals surface area contributed by atoms with Crippen LogP contribution in [-0.2, 0) is 19.1 Å². The van der Waals surface area contributed by atoms with Crippen molar-refractivity contribution in [2.24, 2.45) is 11.8 Å². The Kier molecular flexibility index (Phi) is 8.44. The Labute approximate surface area is 202 Å². The standard InChI is InChI=1S/C12H10F2N2O3.C12H10F2O3/c1-18-12-8(9(13)4-5-10(12)14)3-2-6-19-11(17)7-16-15;1-16-11-7(14)3-2-6(13)10(11)8-5-4-17-12(15)9(5)8/h2-5,7H,6H2,1H3;2-3,5,8-9H,4H2,1H3/b3-2-;/t;5-,8+,9-/m.1/s1. The van der Waals surface area contributed by atoms with Gasteiger partial charge in [-0.3, -0.25) is 4.79 Å². The van der Waals surface area contributed by atoms with Crippen molar-refractivity contribution < 1.29 is 50.9 Å². The van der Waals surface area contributed by atoms with Gasteiger partial charge in [0.2, 0.25) is 0 Å². The van der Waals surface area contributed by atoms with Crippen molar-refractivity contribution in [3.8, 4) is 11.5 Å². The second-order valence-corrected chi connectivity index (χ2v) is 7.57. The van der Waals surface area contributed by atoms with Gasteiger partial charge in [0.1, 0.15) is 18.2 Å². The van der Waals surface area contributed by atoms with Crippen LogP contribution in [0.2, 0.25) is 0 Å². The van der Waals surface area contributed by atoms with E-state index in [1.165, 1.54) is 26.4 Å². The number of hydrogen-bond acceptors (Lipinski definition) is 6. The van der Waals surface area contributed by atoms with Gasteiger partial charge in [0, 0.05) is 17.4 Å². The molecule has 12 heteroatoms. The SMILES string of the molecule is COc1c(F)ccc(F)c1/C=C\COC(=O)C=[N+]=[N-].COc1c(F)ccc(F)c1[C@H]1[C@H]2COC(=O)[C@H]21. The van der Waals surface area contributed by atoms with E-state index in [9.17, 15) is 27.2 Å². The summed E-state index contributed by atoms with van der Waals surface area (Å²) in [7, 11) is 2.50. The number of cyclic esters (lactones) is 1. The molecule has 0 amide bonds. The zero-order chi connectivity index (χ0) is 26.4. The van der Waals surface area contributed by atoms with Crippen LogP contribution in [0.1, 0.15) is 17.0 Å². The summed E-state index contributed by atoms with van der Waals surface area (Å²) in [5.74, 6) is -4.71. The van der Waals surface area contributed by atoms with Crippen LogP contribution in [-0.4, -0.2) is 50.4 Å². The van der Waals surface area contributed by atoms with Crippen molar-refractivity contribution in [1.29, 1.82) is 0 Å². The molecule has 0 aromatic heterocycles. The van der Waals surface area contributed by atoms with Gasteiger partial charge in [-0.05, 0) is 36.4 Å². The molecular formula is C24H20F4N2O6. The number of rotatable bonds is 7.